The summed E-state index contributed by atoms with van der Waals surface area (Å²) < 4.78 is 1.18. The molecule has 5 heteroatoms. The Morgan fingerprint density at radius 1 is 1.38 bits per heavy atom. The smallest absolute Gasteiger partial charge is 0.402 e. The maximum absolute atomic E-state index is 11.2. The highest BCUT2D eigenvalue weighted by Gasteiger charge is 2.32. The third-order valence-electron chi connectivity index (χ3n) is 2.08. The summed E-state index contributed by atoms with van der Waals surface area (Å²) in [4.78, 5) is 12.0. The van der Waals surface area contributed by atoms with Crippen LogP contribution in [0, 0.1) is 0 Å². The van der Waals surface area contributed by atoms with Gasteiger partial charge in [0.05, 0.1) is 0 Å². The molecule has 4 nitrogen and oxygen atoms in total. The summed E-state index contributed by atoms with van der Waals surface area (Å²) >= 11 is 1.08. The van der Waals surface area contributed by atoms with E-state index in [1.54, 1.807) is 18.3 Å². The van der Waals surface area contributed by atoms with E-state index in [2.05, 4.69) is 0 Å². The SMILES string of the molecule is O=C1CC=[N+]1/C(Sc1ccccc1)=C(\[O-])O. The summed E-state index contributed by atoms with van der Waals surface area (Å²) in [6.07, 6.45) is 1.88. The van der Waals surface area contributed by atoms with Crippen LogP contribution in [0.2, 0.25) is 0 Å². The molecule has 1 aromatic carbocycles. The zero-order valence-electron chi connectivity index (χ0n) is 8.29. The van der Waals surface area contributed by atoms with Crippen LogP contribution >= 0.6 is 11.8 Å². The number of carbonyl (C=O) groups excluding carboxylic acids is 1. The van der Waals surface area contributed by atoms with E-state index in [0.29, 0.717) is 6.42 Å². The van der Waals surface area contributed by atoms with Gasteiger partial charge in [-0.2, -0.15) is 0 Å². The van der Waals surface area contributed by atoms with Crippen molar-refractivity contribution in [2.45, 2.75) is 11.3 Å². The van der Waals surface area contributed by atoms with Crippen molar-refractivity contribution in [1.82, 2.24) is 0 Å². The average molecular weight is 235 g/mol. The Balaban J connectivity index is 2.24. The number of aliphatic hydroxyl groups is 1. The van der Waals surface area contributed by atoms with Gasteiger partial charge in [-0.3, -0.25) is 0 Å². The summed E-state index contributed by atoms with van der Waals surface area (Å²) in [6.45, 7) is 0. The van der Waals surface area contributed by atoms with Crippen LogP contribution in [0.3, 0.4) is 0 Å². The highest BCUT2D eigenvalue weighted by atomic mass is 32.2. The van der Waals surface area contributed by atoms with Gasteiger partial charge in [-0.05, 0) is 23.9 Å². The quantitative estimate of drug-likeness (QED) is 0.479. The monoisotopic (exact) mass is 235 g/mol. The normalized spacial score (nSPS) is 16.2. The van der Waals surface area contributed by atoms with Crippen LogP contribution in [0.5, 0.6) is 0 Å². The van der Waals surface area contributed by atoms with Gasteiger partial charge < -0.3 is 10.2 Å². The van der Waals surface area contributed by atoms with E-state index in [1.165, 1.54) is 4.58 Å². The van der Waals surface area contributed by atoms with Crippen molar-refractivity contribution in [2.24, 2.45) is 0 Å². The molecule has 2 rings (SSSR count). The number of hydrogen-bond donors (Lipinski definition) is 1. The molecule has 1 N–H and O–H groups in total. The fourth-order valence-electron chi connectivity index (χ4n) is 1.25. The first-order chi connectivity index (χ1) is 7.68. The summed E-state index contributed by atoms with van der Waals surface area (Å²) in [7, 11) is 0. The van der Waals surface area contributed by atoms with Gasteiger partial charge in [-0.15, -0.1) is 4.58 Å². The molecule has 1 heterocycles. The van der Waals surface area contributed by atoms with Gasteiger partial charge in [0.1, 0.15) is 5.95 Å². The van der Waals surface area contributed by atoms with E-state index < -0.39 is 5.95 Å². The van der Waals surface area contributed by atoms with Crippen molar-refractivity contribution in [3.05, 3.63) is 41.3 Å². The summed E-state index contributed by atoms with van der Waals surface area (Å²) in [5, 5.41) is 20.1. The van der Waals surface area contributed by atoms with Crippen LogP contribution in [0.15, 0.2) is 46.2 Å². The summed E-state index contributed by atoms with van der Waals surface area (Å²) in [6, 6.07) is 9.11. The molecule has 0 atom stereocenters. The number of benzene rings is 1. The first-order valence-corrected chi connectivity index (χ1v) is 5.48. The lowest BCUT2D eigenvalue weighted by atomic mass is 10.3. The van der Waals surface area contributed by atoms with Gasteiger partial charge in [0, 0.05) is 4.90 Å². The fraction of sp³-hybridized carbons (Fsp3) is 0.0909. The molecule has 1 aliphatic rings. The molecule has 0 fully saturated rings. The Hall–Kier alpha value is -1.75. The van der Waals surface area contributed by atoms with Crippen molar-refractivity contribution in [1.29, 1.82) is 0 Å². The molecule has 0 aromatic heterocycles. The topological polar surface area (TPSA) is 63.4 Å². The van der Waals surface area contributed by atoms with Crippen molar-refractivity contribution in [3.63, 3.8) is 0 Å². The summed E-state index contributed by atoms with van der Waals surface area (Å²) in [5.41, 5.74) is 0. The molecule has 82 valence electrons. The molecule has 16 heavy (non-hydrogen) atoms. The lowest BCUT2D eigenvalue weighted by molar-refractivity contribution is -0.430. The van der Waals surface area contributed by atoms with Crippen LogP contribution in [-0.4, -0.2) is 21.8 Å². The zero-order chi connectivity index (χ0) is 11.5. The second kappa shape index (κ2) is 4.40. The standard InChI is InChI=1S/C11H9NO3S/c13-9-6-7-12(9)10(11(14)15)16-8-4-2-1-3-5-8/h1-5,7H,6H2,(H-,14,15). The average Bonchev–Trinajstić information content (AvgIpc) is 2.27. The fourth-order valence-corrected chi connectivity index (χ4v) is 2.13. The number of hydrogen-bond acceptors (Lipinski definition) is 4. The van der Waals surface area contributed by atoms with Gasteiger partial charge in [-0.1, -0.05) is 18.2 Å². The number of thioether (sulfide) groups is 1. The van der Waals surface area contributed by atoms with E-state index in [1.807, 2.05) is 18.2 Å². The third kappa shape index (κ3) is 2.09. The molecule has 0 saturated heterocycles. The third-order valence-corrected chi connectivity index (χ3v) is 3.15. The largest absolute Gasteiger partial charge is 0.624 e. The molecule has 1 aliphatic heterocycles. The van der Waals surface area contributed by atoms with E-state index in [0.717, 1.165) is 16.7 Å². The molecule has 0 unspecified atom stereocenters. The van der Waals surface area contributed by atoms with Gasteiger partial charge in [0.2, 0.25) is 0 Å². The maximum atomic E-state index is 11.2. The highest BCUT2D eigenvalue weighted by Crippen LogP contribution is 2.29. The second-order valence-electron chi connectivity index (χ2n) is 3.18. The Morgan fingerprint density at radius 3 is 2.50 bits per heavy atom. The number of rotatable bonds is 3. The van der Waals surface area contributed by atoms with Crippen LogP contribution < -0.4 is 5.11 Å². The Bertz CT molecular complexity index is 475. The molecule has 0 radical (unpaired) electrons. The van der Waals surface area contributed by atoms with Crippen LogP contribution in [0.25, 0.3) is 0 Å². The van der Waals surface area contributed by atoms with Crippen LogP contribution in [-0.2, 0) is 4.79 Å². The van der Waals surface area contributed by atoms with Gasteiger partial charge >= 0.3 is 5.91 Å². The van der Waals surface area contributed by atoms with Gasteiger partial charge in [0.15, 0.2) is 12.6 Å². The lowest BCUT2D eigenvalue weighted by Gasteiger charge is -2.11. The Kier molecular flexibility index (Phi) is 2.96. The number of carbonyl (C=O) groups is 1. The lowest BCUT2D eigenvalue weighted by Crippen LogP contribution is -2.32. The number of nitrogens with zero attached hydrogens (tertiary/aromatic N) is 1. The predicted molar refractivity (Wildman–Crippen MR) is 57.9 cm³/mol. The number of amides is 1. The molecule has 1 aromatic rings. The van der Waals surface area contributed by atoms with Crippen LogP contribution in [0.4, 0.5) is 0 Å². The minimum atomic E-state index is -1.09. The highest BCUT2D eigenvalue weighted by molar-refractivity contribution is 8.02. The van der Waals surface area contributed by atoms with E-state index in [4.69, 9.17) is 5.11 Å². The molecule has 0 saturated carbocycles. The molecular weight excluding hydrogens is 226 g/mol. The van der Waals surface area contributed by atoms with Crippen molar-refractivity contribution < 1.29 is 19.6 Å². The molecule has 0 spiro atoms. The van der Waals surface area contributed by atoms with Crippen LogP contribution in [0.1, 0.15) is 6.42 Å². The van der Waals surface area contributed by atoms with E-state index in [9.17, 15) is 9.90 Å². The molecule has 0 aliphatic carbocycles. The van der Waals surface area contributed by atoms with Gasteiger partial charge in [0.25, 0.3) is 5.03 Å². The first-order valence-electron chi connectivity index (χ1n) is 4.67. The van der Waals surface area contributed by atoms with Crippen molar-refractivity contribution in [3.8, 4) is 0 Å². The van der Waals surface area contributed by atoms with E-state index in [-0.39, 0.29) is 10.9 Å². The number of aliphatic hydroxyl groups excluding tert-OH is 1. The minimum absolute atomic E-state index is 0.0300. The summed E-state index contributed by atoms with van der Waals surface area (Å²) in [5.74, 6) is -1.26. The molecular formula is C11H9NO3S. The van der Waals surface area contributed by atoms with E-state index >= 15 is 0 Å². The first kappa shape index (κ1) is 10.8. The van der Waals surface area contributed by atoms with Gasteiger partial charge in [-0.25, -0.2) is 4.79 Å². The zero-order valence-corrected chi connectivity index (χ0v) is 9.11. The maximum Gasteiger partial charge on any atom is 0.402 e. The molecule has 1 amide bonds. The Morgan fingerprint density at radius 2 is 2.06 bits per heavy atom. The minimum Gasteiger partial charge on any atom is -0.624 e. The second-order valence-corrected chi connectivity index (χ2v) is 4.24. The van der Waals surface area contributed by atoms with Crippen molar-refractivity contribution in [2.75, 3.05) is 0 Å². The van der Waals surface area contributed by atoms with Crippen molar-refractivity contribution >= 4 is 23.9 Å². The molecule has 0 bridgehead atoms. The Labute approximate surface area is 96.5 Å². The predicted octanol–water partition coefficient (Wildman–Crippen LogP) is 0.837.